The second kappa shape index (κ2) is 8.02. The molecule has 0 radical (unpaired) electrons. The average Bonchev–Trinajstić information content (AvgIpc) is 3.21. The molecule has 0 amide bonds. The van der Waals surface area contributed by atoms with Gasteiger partial charge in [0.1, 0.15) is 11.6 Å². The lowest BCUT2D eigenvalue weighted by Gasteiger charge is -2.42. The van der Waals surface area contributed by atoms with Crippen LogP contribution in [0.25, 0.3) is 0 Å². The molecule has 0 spiro atoms. The molecule has 2 heterocycles. The fourth-order valence-electron chi connectivity index (χ4n) is 4.23. The van der Waals surface area contributed by atoms with Gasteiger partial charge in [-0.25, -0.2) is 0 Å². The van der Waals surface area contributed by atoms with Crippen LogP contribution in [0, 0.1) is 16.7 Å². The van der Waals surface area contributed by atoms with Crippen LogP contribution in [-0.4, -0.2) is 29.3 Å². The minimum absolute atomic E-state index is 0.0342. The van der Waals surface area contributed by atoms with Crippen molar-refractivity contribution in [2.45, 2.75) is 36.9 Å². The minimum Gasteiger partial charge on any atom is -0.497 e. The maximum absolute atomic E-state index is 13.4. The maximum Gasteiger partial charge on any atom is 0.219 e. The Morgan fingerprint density at radius 1 is 1.29 bits per heavy atom. The van der Waals surface area contributed by atoms with E-state index in [1.807, 2.05) is 30.5 Å². The van der Waals surface area contributed by atoms with Gasteiger partial charge in [-0.2, -0.15) is 5.26 Å². The van der Waals surface area contributed by atoms with Crippen molar-refractivity contribution >= 4 is 34.0 Å². The number of methoxy groups -OCH3 is 1. The van der Waals surface area contributed by atoms with E-state index in [2.05, 4.69) is 30.1 Å². The Morgan fingerprint density at radius 3 is 2.58 bits per heavy atom. The van der Waals surface area contributed by atoms with E-state index in [0.29, 0.717) is 40.7 Å². The summed E-state index contributed by atoms with van der Waals surface area (Å²) in [6.07, 6.45) is 2.99. The number of anilines is 1. The van der Waals surface area contributed by atoms with Crippen molar-refractivity contribution in [3.63, 3.8) is 0 Å². The lowest BCUT2D eigenvalue weighted by Crippen LogP contribution is -2.42. The lowest BCUT2D eigenvalue weighted by molar-refractivity contribution is -0.118. The van der Waals surface area contributed by atoms with Crippen molar-refractivity contribution in [1.29, 1.82) is 5.26 Å². The largest absolute Gasteiger partial charge is 0.497 e. The Labute approximate surface area is 189 Å². The molecule has 2 N–H and O–H groups in total. The zero-order valence-corrected chi connectivity index (χ0v) is 19.4. The molecule has 1 aromatic heterocycles. The van der Waals surface area contributed by atoms with Crippen molar-refractivity contribution in [1.82, 2.24) is 10.2 Å². The molecule has 0 fully saturated rings. The van der Waals surface area contributed by atoms with Crippen LogP contribution in [0.1, 0.15) is 38.2 Å². The zero-order valence-electron chi connectivity index (χ0n) is 17.8. The van der Waals surface area contributed by atoms with Gasteiger partial charge in [0, 0.05) is 17.7 Å². The summed E-state index contributed by atoms with van der Waals surface area (Å²) in [6, 6.07) is 9.71. The highest BCUT2D eigenvalue weighted by atomic mass is 32.2. The van der Waals surface area contributed by atoms with Crippen molar-refractivity contribution in [2.24, 2.45) is 11.1 Å². The highest BCUT2D eigenvalue weighted by Crippen LogP contribution is 2.50. The average molecular weight is 454 g/mol. The second-order valence-corrected chi connectivity index (χ2v) is 10.3. The van der Waals surface area contributed by atoms with E-state index < -0.39 is 5.92 Å². The number of hydrogen-bond acceptors (Lipinski definition) is 9. The molecular formula is C22H23N5O2S2. The van der Waals surface area contributed by atoms with E-state index in [0.717, 1.165) is 15.6 Å². The Kier molecular flexibility index (Phi) is 5.54. The number of nitrogens with zero attached hydrogens (tertiary/aromatic N) is 4. The topological polar surface area (TPSA) is 105 Å². The van der Waals surface area contributed by atoms with E-state index in [1.54, 1.807) is 12.0 Å². The van der Waals surface area contributed by atoms with Gasteiger partial charge in [0.2, 0.25) is 5.13 Å². The van der Waals surface area contributed by atoms with E-state index in [9.17, 15) is 10.1 Å². The number of hydrogen-bond donors (Lipinski definition) is 1. The third kappa shape index (κ3) is 3.70. The predicted octanol–water partition coefficient (Wildman–Crippen LogP) is 4.21. The molecule has 1 aliphatic heterocycles. The summed E-state index contributed by atoms with van der Waals surface area (Å²) in [7, 11) is 1.60. The van der Waals surface area contributed by atoms with Gasteiger partial charge in [0.15, 0.2) is 10.1 Å². The normalized spacial score (nSPS) is 20.5. The van der Waals surface area contributed by atoms with Crippen molar-refractivity contribution in [2.75, 3.05) is 18.3 Å². The number of nitriles is 1. The fourth-order valence-corrected chi connectivity index (χ4v) is 5.53. The van der Waals surface area contributed by atoms with Gasteiger partial charge in [0.25, 0.3) is 0 Å². The number of ether oxygens (including phenoxy) is 1. The SMILES string of the molecule is COc1ccc(C2C(C#N)=C(N)N(c3nnc(SC)s3)C3=C2C(=O)CC(C)(C)C3)cc1. The van der Waals surface area contributed by atoms with Crippen LogP contribution >= 0.6 is 23.1 Å². The number of Topliss-reactive ketones (excluding diaryl/α,β-unsaturated/α-hetero) is 1. The molecule has 1 aromatic carbocycles. The van der Waals surface area contributed by atoms with Crippen LogP contribution in [0.4, 0.5) is 5.13 Å². The van der Waals surface area contributed by atoms with Gasteiger partial charge in [-0.3, -0.25) is 9.69 Å². The third-order valence-electron chi connectivity index (χ3n) is 5.59. The van der Waals surface area contributed by atoms with E-state index in [4.69, 9.17) is 10.5 Å². The highest BCUT2D eigenvalue weighted by Gasteiger charge is 2.45. The number of carbonyl (C=O) groups is 1. The number of carbonyl (C=O) groups excluding carboxylic acids is 1. The van der Waals surface area contributed by atoms with Gasteiger partial charge < -0.3 is 10.5 Å². The molecule has 9 heteroatoms. The van der Waals surface area contributed by atoms with Gasteiger partial charge in [-0.15, -0.1) is 10.2 Å². The standard InChI is InChI=1S/C22H23N5O2S2/c1-22(2)9-15-18(16(28)10-22)17(12-5-7-13(29-3)8-6-12)14(11-23)19(24)27(15)20-25-26-21(30-4)31-20/h5-8,17H,9-10,24H2,1-4H3. The Bertz CT molecular complexity index is 1140. The molecule has 2 aliphatic rings. The summed E-state index contributed by atoms with van der Waals surface area (Å²) in [5.41, 5.74) is 8.97. The molecule has 1 atom stereocenters. The van der Waals surface area contributed by atoms with Crippen molar-refractivity contribution in [3.8, 4) is 11.8 Å². The summed E-state index contributed by atoms with van der Waals surface area (Å²) in [5, 5.41) is 19.1. The molecule has 0 bridgehead atoms. The number of ketones is 1. The number of allylic oxidation sites excluding steroid dienone is 3. The second-order valence-electron chi connectivity index (χ2n) is 8.31. The summed E-state index contributed by atoms with van der Waals surface area (Å²) in [6.45, 7) is 4.14. The summed E-state index contributed by atoms with van der Waals surface area (Å²) >= 11 is 2.89. The first-order valence-electron chi connectivity index (χ1n) is 9.77. The van der Waals surface area contributed by atoms with Gasteiger partial charge in [0.05, 0.1) is 24.7 Å². The molecule has 1 unspecified atom stereocenters. The molecule has 160 valence electrons. The van der Waals surface area contributed by atoms with E-state index >= 15 is 0 Å². The quantitative estimate of drug-likeness (QED) is 0.687. The lowest BCUT2D eigenvalue weighted by atomic mass is 9.68. The highest BCUT2D eigenvalue weighted by molar-refractivity contribution is 8.00. The molecule has 7 nitrogen and oxygen atoms in total. The van der Waals surface area contributed by atoms with Crippen LogP contribution < -0.4 is 15.4 Å². The van der Waals surface area contributed by atoms with Crippen molar-refractivity contribution in [3.05, 3.63) is 52.5 Å². The first kappa shape index (κ1) is 21.4. The number of rotatable bonds is 4. The molecule has 0 saturated carbocycles. The Hall–Kier alpha value is -2.83. The minimum atomic E-state index is -0.515. The third-order valence-corrected chi connectivity index (χ3v) is 7.48. The van der Waals surface area contributed by atoms with Crippen LogP contribution in [0.15, 0.2) is 51.3 Å². The van der Waals surface area contributed by atoms with E-state index in [-0.39, 0.29) is 11.2 Å². The molecule has 4 rings (SSSR count). The number of aromatic nitrogens is 2. The molecule has 1 aliphatic carbocycles. The predicted molar refractivity (Wildman–Crippen MR) is 122 cm³/mol. The van der Waals surface area contributed by atoms with E-state index in [1.165, 1.54) is 23.1 Å². The molecule has 2 aromatic rings. The van der Waals surface area contributed by atoms with Crippen LogP contribution in [0.3, 0.4) is 0 Å². The zero-order chi connectivity index (χ0) is 22.3. The Balaban J connectivity index is 1.95. The van der Waals surface area contributed by atoms with Crippen LogP contribution in [0.5, 0.6) is 5.75 Å². The van der Waals surface area contributed by atoms with Crippen molar-refractivity contribution < 1.29 is 9.53 Å². The van der Waals surface area contributed by atoms with Crippen LogP contribution in [0.2, 0.25) is 0 Å². The molecular weight excluding hydrogens is 430 g/mol. The number of nitrogens with two attached hydrogens (primary N) is 1. The smallest absolute Gasteiger partial charge is 0.219 e. The number of benzene rings is 1. The first-order chi connectivity index (χ1) is 14.8. The summed E-state index contributed by atoms with van der Waals surface area (Å²) in [4.78, 5) is 15.2. The van der Waals surface area contributed by atoms with Gasteiger partial charge in [-0.05, 0) is 35.8 Å². The fraction of sp³-hybridized carbons (Fsp3) is 0.364. The maximum atomic E-state index is 13.4. The van der Waals surface area contributed by atoms with Gasteiger partial charge >= 0.3 is 0 Å². The van der Waals surface area contributed by atoms with Crippen LogP contribution in [-0.2, 0) is 4.79 Å². The Morgan fingerprint density at radius 2 is 2.00 bits per heavy atom. The summed E-state index contributed by atoms with van der Waals surface area (Å²) in [5.74, 6) is 0.530. The molecule has 0 saturated heterocycles. The monoisotopic (exact) mass is 453 g/mol. The number of thioether (sulfide) groups is 1. The van der Waals surface area contributed by atoms with Gasteiger partial charge in [-0.1, -0.05) is 49.1 Å². The molecule has 31 heavy (non-hydrogen) atoms. The summed E-state index contributed by atoms with van der Waals surface area (Å²) < 4.78 is 6.06. The first-order valence-corrected chi connectivity index (χ1v) is 11.8.